The summed E-state index contributed by atoms with van der Waals surface area (Å²) in [6, 6.07) is 0. The Hall–Kier alpha value is 0.210. The molecule has 0 radical (unpaired) electrons. The quantitative estimate of drug-likeness (QED) is 0.462. The fourth-order valence-electron chi connectivity index (χ4n) is 0.778. The van der Waals surface area contributed by atoms with Crippen molar-refractivity contribution in [2.75, 3.05) is 13.2 Å². The lowest BCUT2D eigenvalue weighted by atomic mass is 10.3. The van der Waals surface area contributed by atoms with Crippen LogP contribution >= 0.6 is 11.6 Å². The zero-order valence-electron chi connectivity index (χ0n) is 7.47. The molecule has 1 unspecified atom stereocenters. The number of hydrogen-bond donors (Lipinski definition) is 0. The zero-order valence-corrected chi connectivity index (χ0v) is 8.23. The van der Waals surface area contributed by atoms with Gasteiger partial charge >= 0.3 is 0 Å². The van der Waals surface area contributed by atoms with Crippen LogP contribution in [0.25, 0.3) is 0 Å². The van der Waals surface area contributed by atoms with Gasteiger partial charge in [0, 0.05) is 13.2 Å². The summed E-state index contributed by atoms with van der Waals surface area (Å²) in [6.45, 7) is 7.18. The molecule has 0 aliphatic rings. The maximum atomic E-state index is 5.94. The van der Waals surface area contributed by atoms with E-state index in [4.69, 9.17) is 21.1 Å². The standard InChI is InChI=1S/C8H17ClO2/c1-4-7(9)8(10-5-2)11-6-3/h7-8H,4-6H2,1-3H3. The van der Waals surface area contributed by atoms with E-state index in [2.05, 4.69) is 0 Å². The van der Waals surface area contributed by atoms with Crippen LogP contribution in [0.2, 0.25) is 0 Å². The third kappa shape index (κ3) is 4.62. The summed E-state index contributed by atoms with van der Waals surface area (Å²) < 4.78 is 10.6. The van der Waals surface area contributed by atoms with Crippen molar-refractivity contribution in [2.24, 2.45) is 0 Å². The highest BCUT2D eigenvalue weighted by molar-refractivity contribution is 6.20. The minimum absolute atomic E-state index is 0.0325. The van der Waals surface area contributed by atoms with E-state index >= 15 is 0 Å². The van der Waals surface area contributed by atoms with Crippen molar-refractivity contribution in [3.63, 3.8) is 0 Å². The Labute approximate surface area is 73.8 Å². The SMILES string of the molecule is CCOC(OCC)C(Cl)CC. The summed E-state index contributed by atoms with van der Waals surface area (Å²) >= 11 is 5.94. The fourth-order valence-corrected chi connectivity index (χ4v) is 0.923. The molecule has 0 heterocycles. The van der Waals surface area contributed by atoms with E-state index in [0.717, 1.165) is 6.42 Å². The summed E-state index contributed by atoms with van der Waals surface area (Å²) in [5.74, 6) is 0. The molecule has 0 saturated carbocycles. The first-order valence-corrected chi connectivity index (χ1v) is 4.57. The molecule has 68 valence electrons. The Morgan fingerprint density at radius 2 is 1.55 bits per heavy atom. The predicted octanol–water partition coefficient (Wildman–Crippen LogP) is 2.40. The third-order valence-electron chi connectivity index (χ3n) is 1.35. The van der Waals surface area contributed by atoms with Gasteiger partial charge in [-0.1, -0.05) is 6.92 Å². The van der Waals surface area contributed by atoms with Crippen molar-refractivity contribution in [3.8, 4) is 0 Å². The molecule has 0 aliphatic carbocycles. The summed E-state index contributed by atoms with van der Waals surface area (Å²) in [7, 11) is 0. The highest BCUT2D eigenvalue weighted by Gasteiger charge is 2.17. The van der Waals surface area contributed by atoms with Crippen LogP contribution in [0.5, 0.6) is 0 Å². The van der Waals surface area contributed by atoms with E-state index < -0.39 is 0 Å². The van der Waals surface area contributed by atoms with Crippen molar-refractivity contribution >= 4 is 11.6 Å². The maximum Gasteiger partial charge on any atom is 0.173 e. The van der Waals surface area contributed by atoms with Crippen LogP contribution in [0.15, 0.2) is 0 Å². The average molecular weight is 181 g/mol. The first-order valence-electron chi connectivity index (χ1n) is 4.13. The number of hydrogen-bond acceptors (Lipinski definition) is 2. The Bertz CT molecular complexity index is 82.2. The molecule has 0 rings (SSSR count). The second-order valence-corrected chi connectivity index (χ2v) is 2.76. The summed E-state index contributed by atoms with van der Waals surface area (Å²) in [4.78, 5) is 0. The van der Waals surface area contributed by atoms with Crippen LogP contribution in [-0.4, -0.2) is 24.9 Å². The molecule has 0 amide bonds. The molecule has 0 bridgehead atoms. The number of halogens is 1. The largest absolute Gasteiger partial charge is 0.351 e. The van der Waals surface area contributed by atoms with E-state index in [0.29, 0.717) is 13.2 Å². The van der Waals surface area contributed by atoms with Crippen LogP contribution in [-0.2, 0) is 9.47 Å². The molecule has 0 aromatic rings. The van der Waals surface area contributed by atoms with Crippen LogP contribution in [0.1, 0.15) is 27.2 Å². The van der Waals surface area contributed by atoms with Crippen LogP contribution in [0, 0.1) is 0 Å². The summed E-state index contributed by atoms with van der Waals surface area (Å²) in [5, 5.41) is -0.0325. The molecular formula is C8H17ClO2. The van der Waals surface area contributed by atoms with Crippen molar-refractivity contribution in [2.45, 2.75) is 38.9 Å². The lowest BCUT2D eigenvalue weighted by molar-refractivity contribution is -0.136. The highest BCUT2D eigenvalue weighted by atomic mass is 35.5. The number of alkyl halides is 1. The third-order valence-corrected chi connectivity index (χ3v) is 1.86. The van der Waals surface area contributed by atoms with E-state index in [9.17, 15) is 0 Å². The highest BCUT2D eigenvalue weighted by Crippen LogP contribution is 2.11. The Kier molecular flexibility index (Phi) is 7.02. The van der Waals surface area contributed by atoms with Gasteiger partial charge in [0.25, 0.3) is 0 Å². The van der Waals surface area contributed by atoms with Crippen molar-refractivity contribution in [1.29, 1.82) is 0 Å². The predicted molar refractivity (Wildman–Crippen MR) is 47.0 cm³/mol. The van der Waals surface area contributed by atoms with Crippen LogP contribution < -0.4 is 0 Å². The van der Waals surface area contributed by atoms with Crippen LogP contribution in [0.4, 0.5) is 0 Å². The summed E-state index contributed by atoms with van der Waals surface area (Å²) in [5.41, 5.74) is 0. The number of ether oxygens (including phenoxy) is 2. The zero-order chi connectivity index (χ0) is 8.69. The van der Waals surface area contributed by atoms with Gasteiger partial charge in [-0.15, -0.1) is 11.6 Å². The molecule has 3 heteroatoms. The first kappa shape index (κ1) is 11.2. The van der Waals surface area contributed by atoms with E-state index in [-0.39, 0.29) is 11.7 Å². The molecule has 0 N–H and O–H groups in total. The van der Waals surface area contributed by atoms with E-state index in [1.165, 1.54) is 0 Å². The van der Waals surface area contributed by atoms with Gasteiger partial charge in [0.05, 0.1) is 5.38 Å². The monoisotopic (exact) mass is 180 g/mol. The molecule has 0 fully saturated rings. The molecule has 11 heavy (non-hydrogen) atoms. The molecule has 1 atom stereocenters. The topological polar surface area (TPSA) is 18.5 Å². The van der Waals surface area contributed by atoms with Crippen molar-refractivity contribution in [1.82, 2.24) is 0 Å². The molecular weight excluding hydrogens is 164 g/mol. The Morgan fingerprint density at radius 3 is 1.82 bits per heavy atom. The molecule has 2 nitrogen and oxygen atoms in total. The fraction of sp³-hybridized carbons (Fsp3) is 1.00. The van der Waals surface area contributed by atoms with Gasteiger partial charge in [0.15, 0.2) is 6.29 Å². The number of rotatable bonds is 6. The average Bonchev–Trinajstić information content (AvgIpc) is 2.03. The van der Waals surface area contributed by atoms with E-state index in [1.54, 1.807) is 0 Å². The minimum Gasteiger partial charge on any atom is -0.351 e. The van der Waals surface area contributed by atoms with Crippen LogP contribution in [0.3, 0.4) is 0 Å². The van der Waals surface area contributed by atoms with Gasteiger partial charge in [-0.2, -0.15) is 0 Å². The van der Waals surface area contributed by atoms with Crippen molar-refractivity contribution in [3.05, 3.63) is 0 Å². The first-order chi connectivity index (χ1) is 5.26. The van der Waals surface area contributed by atoms with Gasteiger partial charge in [0.2, 0.25) is 0 Å². The van der Waals surface area contributed by atoms with Gasteiger partial charge in [-0.3, -0.25) is 0 Å². The second kappa shape index (κ2) is 6.89. The van der Waals surface area contributed by atoms with Gasteiger partial charge < -0.3 is 9.47 Å². The lowest BCUT2D eigenvalue weighted by Crippen LogP contribution is -2.27. The van der Waals surface area contributed by atoms with E-state index in [1.807, 2.05) is 20.8 Å². The maximum absolute atomic E-state index is 5.94. The van der Waals surface area contributed by atoms with Gasteiger partial charge in [-0.25, -0.2) is 0 Å². The molecule has 0 aromatic carbocycles. The molecule has 0 spiro atoms. The molecule has 0 aliphatic heterocycles. The van der Waals surface area contributed by atoms with Gasteiger partial charge in [0.1, 0.15) is 0 Å². The Balaban J connectivity index is 3.66. The second-order valence-electron chi connectivity index (χ2n) is 2.20. The summed E-state index contributed by atoms with van der Waals surface area (Å²) in [6.07, 6.45) is 0.628. The molecule has 0 saturated heterocycles. The minimum atomic E-state index is -0.239. The molecule has 0 aromatic heterocycles. The van der Waals surface area contributed by atoms with Gasteiger partial charge in [-0.05, 0) is 20.3 Å². The Morgan fingerprint density at radius 1 is 1.09 bits per heavy atom. The van der Waals surface area contributed by atoms with Crippen molar-refractivity contribution < 1.29 is 9.47 Å². The smallest absolute Gasteiger partial charge is 0.173 e. The lowest BCUT2D eigenvalue weighted by Gasteiger charge is -2.20. The normalized spacial score (nSPS) is 13.9.